The second kappa shape index (κ2) is 0.808. The van der Waals surface area contributed by atoms with Crippen molar-refractivity contribution < 1.29 is 0 Å². The number of rotatable bonds is 0. The van der Waals surface area contributed by atoms with Crippen LogP contribution in [0, 0.1) is 0 Å². The van der Waals surface area contributed by atoms with Gasteiger partial charge in [0, 0.05) is 11.1 Å². The standard InChI is InChI=1S/C6H6O/c7-6-4-2-1-3-5(4)6/h1-3H2. The Bertz CT molecular complexity index is 184. The SMILES string of the molecule is O=c1c2c1CCC2. The Kier molecular flexibility index (Phi) is 0.394. The lowest BCUT2D eigenvalue weighted by atomic mass is 10.3. The molecule has 1 aromatic rings. The number of hydrogen-bond acceptors (Lipinski definition) is 1. The molecule has 1 aliphatic rings. The first-order chi connectivity index (χ1) is 3.39. The molecule has 0 heterocycles. The van der Waals surface area contributed by atoms with Crippen molar-refractivity contribution in [3.8, 4) is 0 Å². The molecule has 0 N–H and O–H groups in total. The van der Waals surface area contributed by atoms with Crippen LogP contribution >= 0.6 is 0 Å². The van der Waals surface area contributed by atoms with Gasteiger partial charge in [-0.3, -0.25) is 4.79 Å². The summed E-state index contributed by atoms with van der Waals surface area (Å²) in [6, 6.07) is 0. The molecular weight excluding hydrogens is 88.1 g/mol. The third kappa shape index (κ3) is 0.265. The highest BCUT2D eigenvalue weighted by Crippen LogP contribution is 2.21. The van der Waals surface area contributed by atoms with Crippen LogP contribution in [0.4, 0.5) is 0 Å². The molecule has 0 unspecified atom stereocenters. The molecule has 2 rings (SSSR count). The van der Waals surface area contributed by atoms with Crippen LogP contribution in [0.25, 0.3) is 0 Å². The molecule has 0 amide bonds. The van der Waals surface area contributed by atoms with E-state index < -0.39 is 0 Å². The first-order valence-electron chi connectivity index (χ1n) is 2.66. The largest absolute Gasteiger partial charge is 0.289 e. The maximum Gasteiger partial charge on any atom is 0.185 e. The summed E-state index contributed by atoms with van der Waals surface area (Å²) in [5, 5.41) is 0. The van der Waals surface area contributed by atoms with Crippen molar-refractivity contribution >= 4 is 0 Å². The fourth-order valence-electron chi connectivity index (χ4n) is 1.22. The van der Waals surface area contributed by atoms with Crippen LogP contribution in [0.15, 0.2) is 4.79 Å². The molecule has 0 saturated heterocycles. The van der Waals surface area contributed by atoms with E-state index in [1.54, 1.807) is 0 Å². The third-order valence-electron chi connectivity index (χ3n) is 1.70. The predicted molar refractivity (Wildman–Crippen MR) is 27.1 cm³/mol. The van der Waals surface area contributed by atoms with Gasteiger partial charge in [0.25, 0.3) is 0 Å². The highest BCUT2D eigenvalue weighted by atomic mass is 16.1. The van der Waals surface area contributed by atoms with Gasteiger partial charge >= 0.3 is 0 Å². The van der Waals surface area contributed by atoms with Gasteiger partial charge in [-0.25, -0.2) is 0 Å². The van der Waals surface area contributed by atoms with E-state index in [1.807, 2.05) is 0 Å². The van der Waals surface area contributed by atoms with Crippen LogP contribution in [0.1, 0.15) is 17.5 Å². The van der Waals surface area contributed by atoms with E-state index in [1.165, 1.54) is 6.42 Å². The fourth-order valence-corrected chi connectivity index (χ4v) is 1.22. The maximum absolute atomic E-state index is 10.4. The molecule has 1 heteroatoms. The molecular formula is C6H6O. The van der Waals surface area contributed by atoms with Crippen molar-refractivity contribution in [3.05, 3.63) is 21.4 Å². The van der Waals surface area contributed by atoms with Crippen LogP contribution in [-0.2, 0) is 12.8 Å². The fraction of sp³-hybridized carbons (Fsp3) is 0.500. The molecule has 36 valence electrons. The van der Waals surface area contributed by atoms with E-state index in [0.29, 0.717) is 5.43 Å². The van der Waals surface area contributed by atoms with Gasteiger partial charge in [0.15, 0.2) is 5.43 Å². The van der Waals surface area contributed by atoms with E-state index in [9.17, 15) is 4.79 Å². The lowest BCUT2D eigenvalue weighted by Gasteiger charge is -1.76. The van der Waals surface area contributed by atoms with Gasteiger partial charge in [-0.05, 0) is 19.3 Å². The van der Waals surface area contributed by atoms with Crippen molar-refractivity contribution in [1.29, 1.82) is 0 Å². The lowest BCUT2D eigenvalue weighted by molar-refractivity contribution is 0.890. The average molecular weight is 94.1 g/mol. The van der Waals surface area contributed by atoms with Gasteiger partial charge in [-0.2, -0.15) is 0 Å². The van der Waals surface area contributed by atoms with Crippen LogP contribution in [0.5, 0.6) is 0 Å². The first-order valence-corrected chi connectivity index (χ1v) is 2.66. The van der Waals surface area contributed by atoms with Crippen LogP contribution in [-0.4, -0.2) is 0 Å². The van der Waals surface area contributed by atoms with Crippen LogP contribution < -0.4 is 5.43 Å². The smallest absolute Gasteiger partial charge is 0.185 e. The number of hydrogen-bond donors (Lipinski definition) is 0. The second-order valence-electron chi connectivity index (χ2n) is 2.14. The molecule has 0 saturated carbocycles. The monoisotopic (exact) mass is 94.0 g/mol. The Morgan fingerprint density at radius 2 is 1.71 bits per heavy atom. The summed E-state index contributed by atoms with van der Waals surface area (Å²) in [4.78, 5) is 10.4. The molecule has 1 nitrogen and oxygen atoms in total. The third-order valence-corrected chi connectivity index (χ3v) is 1.70. The van der Waals surface area contributed by atoms with Crippen molar-refractivity contribution in [2.24, 2.45) is 0 Å². The summed E-state index contributed by atoms with van der Waals surface area (Å²) in [5.41, 5.74) is 2.69. The zero-order valence-electron chi connectivity index (χ0n) is 4.03. The van der Waals surface area contributed by atoms with E-state index in [-0.39, 0.29) is 0 Å². The molecule has 0 atom stereocenters. The molecule has 0 fully saturated rings. The lowest BCUT2D eigenvalue weighted by Crippen LogP contribution is -1.88. The molecule has 0 bridgehead atoms. The highest BCUT2D eigenvalue weighted by Gasteiger charge is 2.25. The molecule has 1 aromatic carbocycles. The molecule has 0 radical (unpaired) electrons. The summed E-state index contributed by atoms with van der Waals surface area (Å²) in [6.07, 6.45) is 3.39. The molecule has 7 heavy (non-hydrogen) atoms. The van der Waals surface area contributed by atoms with Crippen molar-refractivity contribution in [1.82, 2.24) is 0 Å². The summed E-state index contributed by atoms with van der Waals surface area (Å²) in [7, 11) is 0. The topological polar surface area (TPSA) is 17.1 Å². The molecule has 0 spiro atoms. The Labute approximate surface area is 41.7 Å². The van der Waals surface area contributed by atoms with Crippen molar-refractivity contribution in [2.75, 3.05) is 0 Å². The Morgan fingerprint density at radius 1 is 1.14 bits per heavy atom. The van der Waals surface area contributed by atoms with E-state index in [4.69, 9.17) is 0 Å². The zero-order valence-corrected chi connectivity index (χ0v) is 4.03. The highest BCUT2D eigenvalue weighted by molar-refractivity contribution is 5.42. The summed E-state index contributed by atoms with van der Waals surface area (Å²) >= 11 is 0. The minimum atomic E-state index is 0.381. The Hall–Kier alpha value is -0.590. The zero-order chi connectivity index (χ0) is 4.85. The minimum Gasteiger partial charge on any atom is -0.289 e. The Balaban J connectivity index is 2.53. The summed E-state index contributed by atoms with van der Waals surface area (Å²) in [5.74, 6) is 0. The normalized spacial score (nSPS) is 18.3. The van der Waals surface area contributed by atoms with Gasteiger partial charge in [0.2, 0.25) is 0 Å². The van der Waals surface area contributed by atoms with E-state index in [2.05, 4.69) is 0 Å². The van der Waals surface area contributed by atoms with Gasteiger partial charge in [-0.1, -0.05) is 0 Å². The molecule has 0 aliphatic heterocycles. The first kappa shape index (κ1) is 3.42. The maximum atomic E-state index is 10.4. The van der Waals surface area contributed by atoms with Gasteiger partial charge in [0.1, 0.15) is 0 Å². The van der Waals surface area contributed by atoms with Crippen molar-refractivity contribution in [3.63, 3.8) is 0 Å². The second-order valence-corrected chi connectivity index (χ2v) is 2.14. The van der Waals surface area contributed by atoms with Crippen LogP contribution in [0.2, 0.25) is 0 Å². The van der Waals surface area contributed by atoms with Gasteiger partial charge in [0.05, 0.1) is 0 Å². The van der Waals surface area contributed by atoms with Gasteiger partial charge in [-0.15, -0.1) is 0 Å². The van der Waals surface area contributed by atoms with Gasteiger partial charge < -0.3 is 0 Å². The van der Waals surface area contributed by atoms with Crippen LogP contribution in [0.3, 0.4) is 0 Å². The number of fused-ring (bicyclic) bond motifs is 1. The summed E-state index contributed by atoms with van der Waals surface area (Å²) < 4.78 is 0. The summed E-state index contributed by atoms with van der Waals surface area (Å²) in [6.45, 7) is 0. The molecule has 1 aliphatic carbocycles. The quantitative estimate of drug-likeness (QED) is 0.455. The predicted octanol–water partition coefficient (Wildman–Crippen LogP) is 0.411. The minimum absolute atomic E-state index is 0.381. The van der Waals surface area contributed by atoms with Crippen molar-refractivity contribution in [2.45, 2.75) is 19.3 Å². The van der Waals surface area contributed by atoms with E-state index in [0.717, 1.165) is 24.0 Å². The average Bonchev–Trinajstić information content (AvgIpc) is 2.26. The van der Waals surface area contributed by atoms with E-state index >= 15 is 0 Å². The Morgan fingerprint density at radius 3 is 2.00 bits per heavy atom. The molecule has 0 aromatic heterocycles.